The second kappa shape index (κ2) is 7.90. The van der Waals surface area contributed by atoms with Crippen molar-refractivity contribution in [3.8, 4) is 5.75 Å². The molecule has 0 bridgehead atoms. The van der Waals surface area contributed by atoms with Gasteiger partial charge < -0.3 is 13.9 Å². The van der Waals surface area contributed by atoms with Gasteiger partial charge in [-0.15, -0.1) is 5.10 Å². The number of rotatable bonds is 7. The molecule has 0 radical (unpaired) electrons. The minimum atomic E-state index is -0.621. The molecule has 2 rings (SSSR count). The number of ether oxygens (including phenoxy) is 2. The van der Waals surface area contributed by atoms with Crippen molar-refractivity contribution in [2.75, 3.05) is 19.0 Å². The van der Waals surface area contributed by atoms with Gasteiger partial charge in [0.25, 0.3) is 5.22 Å². The molecule has 2 aromatic rings. The van der Waals surface area contributed by atoms with Crippen LogP contribution in [0, 0.1) is 0 Å². The first kappa shape index (κ1) is 15.7. The zero-order chi connectivity index (χ0) is 15.1. The fraction of sp³-hybridized carbons (Fsp3) is 0.308. The molecule has 0 fully saturated rings. The maximum absolute atomic E-state index is 11.3. The van der Waals surface area contributed by atoms with Crippen LogP contribution < -0.4 is 4.74 Å². The molecule has 1 aromatic carbocycles. The second-order valence-electron chi connectivity index (χ2n) is 3.72. The van der Waals surface area contributed by atoms with E-state index < -0.39 is 5.97 Å². The molecule has 0 aliphatic rings. The standard InChI is InChI=1S/C13H13ClN2O4S/c1-2-18-12(17)11-15-16-13(20-11)21-8-7-19-10-6-4-3-5-9(10)14/h3-6H,2,7-8H2,1H3. The van der Waals surface area contributed by atoms with Crippen LogP contribution in [0.2, 0.25) is 5.02 Å². The topological polar surface area (TPSA) is 74.5 Å². The summed E-state index contributed by atoms with van der Waals surface area (Å²) in [6, 6.07) is 7.23. The van der Waals surface area contributed by atoms with Crippen LogP contribution in [-0.4, -0.2) is 35.1 Å². The van der Waals surface area contributed by atoms with Gasteiger partial charge in [-0.1, -0.05) is 40.6 Å². The maximum atomic E-state index is 11.3. The zero-order valence-electron chi connectivity index (χ0n) is 11.2. The van der Waals surface area contributed by atoms with Crippen molar-refractivity contribution in [1.82, 2.24) is 10.2 Å². The third-order valence-electron chi connectivity index (χ3n) is 2.26. The number of hydrogen-bond donors (Lipinski definition) is 0. The van der Waals surface area contributed by atoms with Gasteiger partial charge >= 0.3 is 11.9 Å². The molecule has 6 nitrogen and oxygen atoms in total. The molecule has 0 saturated heterocycles. The van der Waals surface area contributed by atoms with Crippen LogP contribution in [0.25, 0.3) is 0 Å². The number of carbonyl (C=O) groups is 1. The third kappa shape index (κ3) is 4.64. The highest BCUT2D eigenvalue weighted by atomic mass is 35.5. The number of carbonyl (C=O) groups excluding carboxylic acids is 1. The summed E-state index contributed by atoms with van der Waals surface area (Å²) in [5, 5.41) is 8.21. The van der Waals surface area contributed by atoms with E-state index in [1.807, 2.05) is 12.1 Å². The van der Waals surface area contributed by atoms with Gasteiger partial charge in [0.2, 0.25) is 0 Å². The Balaban J connectivity index is 1.76. The number of esters is 1. The van der Waals surface area contributed by atoms with Crippen molar-refractivity contribution in [2.45, 2.75) is 12.1 Å². The smallest absolute Gasteiger partial charge is 0.396 e. The van der Waals surface area contributed by atoms with Crippen molar-refractivity contribution >= 4 is 29.3 Å². The molecule has 112 valence electrons. The number of thioether (sulfide) groups is 1. The van der Waals surface area contributed by atoms with Crippen LogP contribution in [0.3, 0.4) is 0 Å². The van der Waals surface area contributed by atoms with E-state index in [2.05, 4.69) is 10.2 Å². The molecular formula is C13H13ClN2O4S. The molecule has 0 saturated carbocycles. The van der Waals surface area contributed by atoms with E-state index >= 15 is 0 Å². The lowest BCUT2D eigenvalue weighted by atomic mass is 10.3. The third-order valence-corrected chi connectivity index (χ3v) is 3.35. The lowest BCUT2D eigenvalue weighted by Crippen LogP contribution is -2.04. The predicted molar refractivity (Wildman–Crippen MR) is 77.9 cm³/mol. The summed E-state index contributed by atoms with van der Waals surface area (Å²) in [5.41, 5.74) is 0. The number of para-hydroxylation sites is 1. The van der Waals surface area contributed by atoms with Gasteiger partial charge in [-0.25, -0.2) is 4.79 Å². The molecule has 1 aromatic heterocycles. The van der Waals surface area contributed by atoms with Crippen LogP contribution in [-0.2, 0) is 4.74 Å². The Morgan fingerprint density at radius 2 is 2.19 bits per heavy atom. The Morgan fingerprint density at radius 3 is 2.95 bits per heavy atom. The van der Waals surface area contributed by atoms with E-state index in [1.165, 1.54) is 11.8 Å². The lowest BCUT2D eigenvalue weighted by molar-refractivity contribution is 0.0475. The lowest BCUT2D eigenvalue weighted by Gasteiger charge is -2.06. The van der Waals surface area contributed by atoms with Crippen molar-refractivity contribution < 1.29 is 18.7 Å². The van der Waals surface area contributed by atoms with Gasteiger partial charge in [-0.2, -0.15) is 0 Å². The fourth-order valence-electron chi connectivity index (χ4n) is 1.39. The van der Waals surface area contributed by atoms with Crippen LogP contribution in [0.15, 0.2) is 33.9 Å². The first-order valence-electron chi connectivity index (χ1n) is 6.21. The van der Waals surface area contributed by atoms with Gasteiger partial charge in [0.05, 0.1) is 18.2 Å². The van der Waals surface area contributed by atoms with Gasteiger partial charge in [0.1, 0.15) is 5.75 Å². The predicted octanol–water partition coefficient (Wildman–Crippen LogP) is 3.07. The van der Waals surface area contributed by atoms with E-state index in [1.54, 1.807) is 19.1 Å². The normalized spacial score (nSPS) is 10.4. The van der Waals surface area contributed by atoms with Crippen molar-refractivity contribution in [3.05, 3.63) is 35.2 Å². The van der Waals surface area contributed by atoms with Crippen LogP contribution in [0.5, 0.6) is 5.75 Å². The fourth-order valence-corrected chi connectivity index (χ4v) is 2.15. The van der Waals surface area contributed by atoms with Gasteiger partial charge in [0.15, 0.2) is 0 Å². The summed E-state index contributed by atoms with van der Waals surface area (Å²) in [6.45, 7) is 2.39. The first-order chi connectivity index (χ1) is 10.2. The molecule has 0 unspecified atom stereocenters. The highest BCUT2D eigenvalue weighted by Gasteiger charge is 2.15. The van der Waals surface area contributed by atoms with Crippen LogP contribution in [0.4, 0.5) is 0 Å². The quantitative estimate of drug-likeness (QED) is 0.439. The Morgan fingerprint density at radius 1 is 1.38 bits per heavy atom. The average molecular weight is 329 g/mol. The molecule has 8 heteroatoms. The Bertz CT molecular complexity index is 605. The van der Waals surface area contributed by atoms with Gasteiger partial charge in [-0.05, 0) is 19.1 Å². The Hall–Kier alpha value is -1.73. The molecule has 21 heavy (non-hydrogen) atoms. The van der Waals surface area contributed by atoms with E-state index in [0.717, 1.165) is 0 Å². The summed E-state index contributed by atoms with van der Waals surface area (Å²) in [7, 11) is 0. The molecule has 0 atom stereocenters. The monoisotopic (exact) mass is 328 g/mol. The number of halogens is 1. The second-order valence-corrected chi connectivity index (χ2v) is 5.17. The molecule has 1 heterocycles. The van der Waals surface area contributed by atoms with Crippen LogP contribution in [0.1, 0.15) is 17.6 Å². The average Bonchev–Trinajstić information content (AvgIpc) is 2.94. The number of aromatic nitrogens is 2. The molecule has 0 N–H and O–H groups in total. The van der Waals surface area contributed by atoms with Crippen LogP contribution >= 0.6 is 23.4 Å². The minimum Gasteiger partial charge on any atom is -0.491 e. The maximum Gasteiger partial charge on any atom is 0.396 e. The van der Waals surface area contributed by atoms with Crippen molar-refractivity contribution in [3.63, 3.8) is 0 Å². The summed E-state index contributed by atoms with van der Waals surface area (Å²) in [6.07, 6.45) is 0. The van der Waals surface area contributed by atoms with Crippen molar-refractivity contribution in [1.29, 1.82) is 0 Å². The highest BCUT2D eigenvalue weighted by Crippen LogP contribution is 2.23. The Labute approximate surface area is 130 Å². The summed E-state index contributed by atoms with van der Waals surface area (Å²) in [5.74, 6) is 0.434. The molecule has 0 spiro atoms. The molecule has 0 aliphatic carbocycles. The zero-order valence-corrected chi connectivity index (χ0v) is 12.8. The molecule has 0 aliphatic heterocycles. The van der Waals surface area contributed by atoms with E-state index in [0.29, 0.717) is 28.4 Å². The number of benzene rings is 1. The highest BCUT2D eigenvalue weighted by molar-refractivity contribution is 7.99. The first-order valence-corrected chi connectivity index (χ1v) is 7.57. The summed E-state index contributed by atoms with van der Waals surface area (Å²) >= 11 is 7.25. The van der Waals surface area contributed by atoms with Gasteiger partial charge in [-0.3, -0.25) is 0 Å². The van der Waals surface area contributed by atoms with E-state index in [4.69, 9.17) is 25.5 Å². The SMILES string of the molecule is CCOC(=O)c1nnc(SCCOc2ccccc2Cl)o1. The number of nitrogens with zero attached hydrogens (tertiary/aromatic N) is 2. The Kier molecular flexibility index (Phi) is 5.89. The summed E-state index contributed by atoms with van der Waals surface area (Å²) in [4.78, 5) is 11.3. The van der Waals surface area contributed by atoms with E-state index in [-0.39, 0.29) is 12.5 Å². The molecular weight excluding hydrogens is 316 g/mol. The van der Waals surface area contributed by atoms with E-state index in [9.17, 15) is 4.79 Å². The summed E-state index contributed by atoms with van der Waals surface area (Å²) < 4.78 is 15.4. The van der Waals surface area contributed by atoms with Gasteiger partial charge in [0, 0.05) is 5.75 Å². The number of hydrogen-bond acceptors (Lipinski definition) is 7. The largest absolute Gasteiger partial charge is 0.491 e. The minimum absolute atomic E-state index is 0.147. The van der Waals surface area contributed by atoms with Crippen molar-refractivity contribution in [2.24, 2.45) is 0 Å². The molecule has 0 amide bonds.